The molecule has 0 unspecified atom stereocenters. The van der Waals surface area contributed by atoms with E-state index in [-0.39, 0.29) is 39.3 Å². The molecule has 0 saturated heterocycles. The summed E-state index contributed by atoms with van der Waals surface area (Å²) < 4.78 is 4.83. The Labute approximate surface area is 128 Å². The summed E-state index contributed by atoms with van der Waals surface area (Å²) in [5, 5.41) is 20.6. The summed E-state index contributed by atoms with van der Waals surface area (Å²) >= 11 is 11.8. The predicted octanol–water partition coefficient (Wildman–Crippen LogP) is 2.86. The Balaban J connectivity index is 2.58. The number of halogens is 2. The largest absolute Gasteiger partial charge is 0.461 e. The van der Waals surface area contributed by atoms with E-state index >= 15 is 0 Å². The van der Waals surface area contributed by atoms with E-state index in [1.54, 1.807) is 6.92 Å². The molecular weight excluding hydrogens is 323 g/mol. The Morgan fingerprint density at radius 2 is 2.10 bits per heavy atom. The van der Waals surface area contributed by atoms with Crippen LogP contribution in [-0.2, 0) is 4.74 Å². The van der Waals surface area contributed by atoms with Crippen LogP contribution in [0.25, 0.3) is 11.3 Å². The van der Waals surface area contributed by atoms with Crippen molar-refractivity contribution in [2.75, 3.05) is 6.61 Å². The quantitative estimate of drug-likeness (QED) is 0.524. The molecule has 0 fully saturated rings. The van der Waals surface area contributed by atoms with Crippen LogP contribution >= 0.6 is 23.2 Å². The van der Waals surface area contributed by atoms with Crippen LogP contribution in [0.2, 0.25) is 10.0 Å². The minimum atomic E-state index is -0.713. The lowest BCUT2D eigenvalue weighted by Gasteiger charge is -2.04. The molecule has 2 aromatic rings. The highest BCUT2D eigenvalue weighted by Crippen LogP contribution is 2.36. The van der Waals surface area contributed by atoms with E-state index in [2.05, 4.69) is 15.4 Å². The lowest BCUT2D eigenvalue weighted by atomic mass is 10.1. The summed E-state index contributed by atoms with van der Waals surface area (Å²) in [7, 11) is 0. The van der Waals surface area contributed by atoms with Gasteiger partial charge in [0.2, 0.25) is 0 Å². The molecule has 1 aromatic carbocycles. The van der Waals surface area contributed by atoms with E-state index in [1.807, 2.05) is 0 Å². The van der Waals surface area contributed by atoms with E-state index in [9.17, 15) is 14.9 Å². The third-order valence-electron chi connectivity index (χ3n) is 2.51. The van der Waals surface area contributed by atoms with Crippen molar-refractivity contribution in [2.45, 2.75) is 6.92 Å². The van der Waals surface area contributed by atoms with Crippen molar-refractivity contribution in [2.24, 2.45) is 0 Å². The average Bonchev–Trinajstić information content (AvgIpc) is 2.87. The molecule has 110 valence electrons. The molecule has 8 nitrogen and oxygen atoms in total. The highest BCUT2D eigenvalue weighted by molar-refractivity contribution is 6.37. The molecule has 1 N–H and O–H groups in total. The van der Waals surface area contributed by atoms with Crippen molar-refractivity contribution in [3.05, 3.63) is 38.0 Å². The van der Waals surface area contributed by atoms with Crippen LogP contribution < -0.4 is 0 Å². The molecule has 10 heteroatoms. The first-order chi connectivity index (χ1) is 9.95. The normalized spacial score (nSPS) is 10.4. The Bertz CT molecular complexity index is 716. The molecule has 0 spiro atoms. The maximum Gasteiger partial charge on any atom is 0.361 e. The third kappa shape index (κ3) is 2.96. The summed E-state index contributed by atoms with van der Waals surface area (Å²) in [5.41, 5.74) is -0.257. The maximum atomic E-state index is 11.7. The van der Waals surface area contributed by atoms with Gasteiger partial charge in [0.1, 0.15) is 10.7 Å². The van der Waals surface area contributed by atoms with Crippen molar-refractivity contribution in [1.29, 1.82) is 0 Å². The zero-order chi connectivity index (χ0) is 15.6. The number of hydrogen-bond donors (Lipinski definition) is 1. The van der Waals surface area contributed by atoms with Crippen LogP contribution in [0.4, 0.5) is 5.69 Å². The minimum absolute atomic E-state index is 0.0539. The number of rotatable bonds is 4. The predicted molar refractivity (Wildman–Crippen MR) is 74.4 cm³/mol. The number of aromatic amines is 1. The van der Waals surface area contributed by atoms with Crippen LogP contribution in [0, 0.1) is 10.1 Å². The maximum absolute atomic E-state index is 11.7. The fraction of sp³-hybridized carbons (Fsp3) is 0.182. The first-order valence-corrected chi connectivity index (χ1v) is 6.43. The van der Waals surface area contributed by atoms with Gasteiger partial charge in [0.15, 0.2) is 5.69 Å². The molecule has 2 rings (SSSR count). The number of nitro groups is 1. The van der Waals surface area contributed by atoms with Gasteiger partial charge in [-0.1, -0.05) is 23.2 Å². The van der Waals surface area contributed by atoms with Crippen molar-refractivity contribution in [3.63, 3.8) is 0 Å². The van der Waals surface area contributed by atoms with Crippen LogP contribution in [0.15, 0.2) is 12.1 Å². The second kappa shape index (κ2) is 6.06. The molecule has 0 aliphatic heterocycles. The van der Waals surface area contributed by atoms with Crippen molar-refractivity contribution < 1.29 is 14.5 Å². The fourth-order valence-corrected chi connectivity index (χ4v) is 2.16. The number of H-pyrrole nitrogens is 1. The van der Waals surface area contributed by atoms with E-state index in [0.29, 0.717) is 0 Å². The van der Waals surface area contributed by atoms with Gasteiger partial charge in [-0.2, -0.15) is 10.3 Å². The number of aromatic nitrogens is 3. The first kappa shape index (κ1) is 15.2. The number of nitrogens with one attached hydrogen (secondary N) is 1. The number of nitrogens with zero attached hydrogens (tertiary/aromatic N) is 3. The number of esters is 1. The third-order valence-corrected chi connectivity index (χ3v) is 3.12. The Morgan fingerprint density at radius 3 is 2.71 bits per heavy atom. The number of ether oxygens (including phenoxy) is 1. The molecule has 0 aliphatic carbocycles. The van der Waals surface area contributed by atoms with Gasteiger partial charge in [0.05, 0.1) is 16.6 Å². The molecule has 0 saturated carbocycles. The van der Waals surface area contributed by atoms with Crippen LogP contribution in [-0.4, -0.2) is 32.9 Å². The molecule has 0 bridgehead atoms. The Kier molecular flexibility index (Phi) is 4.39. The topological polar surface area (TPSA) is 111 Å². The van der Waals surface area contributed by atoms with E-state index in [0.717, 1.165) is 6.07 Å². The lowest BCUT2D eigenvalue weighted by molar-refractivity contribution is -0.384. The van der Waals surface area contributed by atoms with Gasteiger partial charge in [-0.25, -0.2) is 4.79 Å². The molecule has 0 aliphatic rings. The zero-order valence-electron chi connectivity index (χ0n) is 10.6. The van der Waals surface area contributed by atoms with Crippen molar-refractivity contribution in [1.82, 2.24) is 15.4 Å². The van der Waals surface area contributed by atoms with Crippen molar-refractivity contribution in [3.8, 4) is 11.3 Å². The molecule has 1 heterocycles. The second-order valence-electron chi connectivity index (χ2n) is 3.78. The van der Waals surface area contributed by atoms with Gasteiger partial charge in [0.25, 0.3) is 5.69 Å². The van der Waals surface area contributed by atoms with E-state index < -0.39 is 10.9 Å². The standard InChI is InChI=1S/C11H8Cl2N4O4/c1-2-21-11(18)10-9(14-16-15-10)5-3-8(17(19)20)7(13)4-6(5)12/h3-4H,2H2,1H3,(H,14,15,16). The summed E-state index contributed by atoms with van der Waals surface area (Å²) in [5.74, 6) is -0.713. The summed E-state index contributed by atoms with van der Waals surface area (Å²) in [6.07, 6.45) is 0. The molecule has 0 radical (unpaired) electrons. The Morgan fingerprint density at radius 1 is 1.38 bits per heavy atom. The first-order valence-electron chi connectivity index (χ1n) is 5.67. The van der Waals surface area contributed by atoms with Gasteiger partial charge in [-0.15, -0.1) is 5.10 Å². The highest BCUT2D eigenvalue weighted by atomic mass is 35.5. The molecular formula is C11H8Cl2N4O4. The molecule has 0 atom stereocenters. The number of benzene rings is 1. The minimum Gasteiger partial charge on any atom is -0.461 e. The van der Waals surface area contributed by atoms with Gasteiger partial charge in [0, 0.05) is 11.6 Å². The number of nitro benzene ring substituents is 1. The van der Waals surface area contributed by atoms with Gasteiger partial charge in [-0.05, 0) is 13.0 Å². The average molecular weight is 331 g/mol. The zero-order valence-corrected chi connectivity index (χ0v) is 12.1. The summed E-state index contributed by atoms with van der Waals surface area (Å²) in [6, 6.07) is 2.34. The van der Waals surface area contributed by atoms with Crippen LogP contribution in [0.3, 0.4) is 0 Å². The number of carbonyl (C=O) groups is 1. The SMILES string of the molecule is CCOC(=O)c1n[nH]nc1-c1cc([N+](=O)[O-])c(Cl)cc1Cl. The summed E-state index contributed by atoms with van der Waals surface area (Å²) in [4.78, 5) is 22.0. The number of carbonyl (C=O) groups excluding carboxylic acids is 1. The summed E-state index contributed by atoms with van der Waals surface area (Å²) in [6.45, 7) is 1.79. The smallest absolute Gasteiger partial charge is 0.361 e. The van der Waals surface area contributed by atoms with Crippen LogP contribution in [0.1, 0.15) is 17.4 Å². The Hall–Kier alpha value is -2.19. The monoisotopic (exact) mass is 330 g/mol. The molecule has 0 amide bonds. The van der Waals surface area contributed by atoms with Gasteiger partial charge in [-0.3, -0.25) is 10.1 Å². The van der Waals surface area contributed by atoms with Crippen molar-refractivity contribution >= 4 is 34.9 Å². The number of hydrogen-bond acceptors (Lipinski definition) is 6. The van der Waals surface area contributed by atoms with E-state index in [4.69, 9.17) is 27.9 Å². The van der Waals surface area contributed by atoms with Gasteiger partial charge >= 0.3 is 5.97 Å². The fourth-order valence-electron chi connectivity index (χ4n) is 1.62. The van der Waals surface area contributed by atoms with Gasteiger partial charge < -0.3 is 4.74 Å². The van der Waals surface area contributed by atoms with E-state index in [1.165, 1.54) is 6.07 Å². The lowest BCUT2D eigenvalue weighted by Crippen LogP contribution is -2.07. The highest BCUT2D eigenvalue weighted by Gasteiger charge is 2.24. The van der Waals surface area contributed by atoms with Crippen LogP contribution in [0.5, 0.6) is 0 Å². The molecule has 21 heavy (non-hydrogen) atoms. The molecule has 1 aromatic heterocycles. The second-order valence-corrected chi connectivity index (χ2v) is 4.60.